The summed E-state index contributed by atoms with van der Waals surface area (Å²) in [5.41, 5.74) is -0.534. The van der Waals surface area contributed by atoms with Crippen LogP contribution >= 0.6 is 11.6 Å². The second-order valence-corrected chi connectivity index (χ2v) is 4.66. The number of ether oxygens (including phenoxy) is 1. The van der Waals surface area contributed by atoms with Gasteiger partial charge in [-0.25, -0.2) is 0 Å². The number of hydrogen-bond acceptors (Lipinski definition) is 4. The van der Waals surface area contributed by atoms with Gasteiger partial charge in [0.25, 0.3) is 5.91 Å². The van der Waals surface area contributed by atoms with Crippen molar-refractivity contribution in [3.8, 4) is 5.75 Å². The smallest absolute Gasteiger partial charge is 0.305 e. The molecule has 0 saturated heterocycles. The van der Waals surface area contributed by atoms with Crippen molar-refractivity contribution in [1.29, 1.82) is 0 Å². The topological polar surface area (TPSA) is 81.5 Å². The zero-order chi connectivity index (χ0) is 16.3. The van der Waals surface area contributed by atoms with Crippen LogP contribution in [0.15, 0.2) is 36.4 Å². The SMILES string of the molecule is COc1ccc(Cl)cc1NC(=O)c1ccc(F)c([N+](=O)[O-])c1. The van der Waals surface area contributed by atoms with Gasteiger partial charge in [0.2, 0.25) is 5.82 Å². The molecule has 0 aliphatic rings. The fraction of sp³-hybridized carbons (Fsp3) is 0.0714. The van der Waals surface area contributed by atoms with Crippen LogP contribution in [0.25, 0.3) is 0 Å². The second kappa shape index (κ2) is 6.40. The highest BCUT2D eigenvalue weighted by Crippen LogP contribution is 2.28. The van der Waals surface area contributed by atoms with Crippen LogP contribution in [0.3, 0.4) is 0 Å². The lowest BCUT2D eigenvalue weighted by Crippen LogP contribution is -2.13. The molecule has 22 heavy (non-hydrogen) atoms. The van der Waals surface area contributed by atoms with Crippen molar-refractivity contribution in [2.75, 3.05) is 12.4 Å². The van der Waals surface area contributed by atoms with Gasteiger partial charge in [-0.15, -0.1) is 0 Å². The van der Waals surface area contributed by atoms with E-state index in [0.717, 1.165) is 18.2 Å². The largest absolute Gasteiger partial charge is 0.495 e. The number of nitrogens with zero attached hydrogens (tertiary/aromatic N) is 1. The summed E-state index contributed by atoms with van der Waals surface area (Å²) in [5.74, 6) is -1.29. The first-order valence-electron chi connectivity index (χ1n) is 6.01. The van der Waals surface area contributed by atoms with E-state index in [9.17, 15) is 19.3 Å². The summed E-state index contributed by atoms with van der Waals surface area (Å²) in [4.78, 5) is 21.9. The Bertz CT molecular complexity index is 752. The molecule has 114 valence electrons. The Morgan fingerprint density at radius 1 is 1.32 bits per heavy atom. The first-order valence-corrected chi connectivity index (χ1v) is 6.39. The zero-order valence-electron chi connectivity index (χ0n) is 11.3. The average Bonchev–Trinajstić information content (AvgIpc) is 2.47. The number of nitro benzene ring substituents is 1. The number of rotatable bonds is 4. The van der Waals surface area contributed by atoms with Gasteiger partial charge in [-0.3, -0.25) is 14.9 Å². The lowest BCUT2D eigenvalue weighted by atomic mass is 10.1. The summed E-state index contributed by atoms with van der Waals surface area (Å²) in [6.45, 7) is 0. The maximum Gasteiger partial charge on any atom is 0.305 e. The zero-order valence-corrected chi connectivity index (χ0v) is 12.1. The highest BCUT2D eigenvalue weighted by molar-refractivity contribution is 6.31. The number of nitro groups is 1. The molecule has 0 fully saturated rings. The summed E-state index contributed by atoms with van der Waals surface area (Å²) >= 11 is 5.85. The first kappa shape index (κ1) is 15.7. The summed E-state index contributed by atoms with van der Waals surface area (Å²) in [5, 5.41) is 13.6. The second-order valence-electron chi connectivity index (χ2n) is 4.22. The molecule has 2 rings (SSSR count). The van der Waals surface area contributed by atoms with E-state index in [4.69, 9.17) is 16.3 Å². The van der Waals surface area contributed by atoms with E-state index in [-0.39, 0.29) is 5.56 Å². The minimum Gasteiger partial charge on any atom is -0.495 e. The predicted octanol–water partition coefficient (Wildman–Crippen LogP) is 3.65. The first-order chi connectivity index (χ1) is 10.4. The van der Waals surface area contributed by atoms with Gasteiger partial charge < -0.3 is 10.1 Å². The molecule has 0 aliphatic carbocycles. The Kier molecular flexibility index (Phi) is 4.57. The van der Waals surface area contributed by atoms with Gasteiger partial charge in [0.15, 0.2) is 0 Å². The molecule has 1 N–H and O–H groups in total. The van der Waals surface area contributed by atoms with Crippen LogP contribution in [-0.2, 0) is 0 Å². The summed E-state index contributed by atoms with van der Waals surface area (Å²) in [7, 11) is 1.42. The number of benzene rings is 2. The summed E-state index contributed by atoms with van der Waals surface area (Å²) < 4.78 is 18.3. The monoisotopic (exact) mass is 324 g/mol. The summed E-state index contributed by atoms with van der Waals surface area (Å²) in [6.07, 6.45) is 0. The molecule has 0 atom stereocenters. The molecular formula is C14H10ClFN2O4. The van der Waals surface area contributed by atoms with E-state index in [0.29, 0.717) is 16.5 Å². The van der Waals surface area contributed by atoms with Crippen molar-refractivity contribution in [3.63, 3.8) is 0 Å². The standard InChI is InChI=1S/C14H10ClFN2O4/c1-22-13-5-3-9(15)7-11(13)17-14(19)8-2-4-10(16)12(6-8)18(20)21/h2-7H,1H3,(H,17,19). The highest BCUT2D eigenvalue weighted by atomic mass is 35.5. The molecule has 6 nitrogen and oxygen atoms in total. The van der Waals surface area contributed by atoms with Crippen LogP contribution in [-0.4, -0.2) is 17.9 Å². The third-order valence-electron chi connectivity index (χ3n) is 2.81. The van der Waals surface area contributed by atoms with Gasteiger partial charge in [0, 0.05) is 16.7 Å². The van der Waals surface area contributed by atoms with Crippen molar-refractivity contribution in [2.24, 2.45) is 0 Å². The van der Waals surface area contributed by atoms with Gasteiger partial charge in [-0.1, -0.05) is 11.6 Å². The number of methoxy groups -OCH3 is 1. The van der Waals surface area contributed by atoms with E-state index in [1.807, 2.05) is 0 Å². The van der Waals surface area contributed by atoms with Crippen LogP contribution in [0.4, 0.5) is 15.8 Å². The van der Waals surface area contributed by atoms with Crippen molar-refractivity contribution in [3.05, 3.63) is 62.9 Å². The average molecular weight is 325 g/mol. The molecule has 1 amide bonds. The molecule has 0 unspecified atom stereocenters. The van der Waals surface area contributed by atoms with Gasteiger partial charge in [0.05, 0.1) is 17.7 Å². The van der Waals surface area contributed by atoms with Crippen molar-refractivity contribution in [2.45, 2.75) is 0 Å². The van der Waals surface area contributed by atoms with Gasteiger partial charge >= 0.3 is 5.69 Å². The molecule has 0 aliphatic heterocycles. The molecule has 2 aromatic carbocycles. The van der Waals surface area contributed by atoms with Crippen molar-refractivity contribution in [1.82, 2.24) is 0 Å². The lowest BCUT2D eigenvalue weighted by molar-refractivity contribution is -0.387. The van der Waals surface area contributed by atoms with Crippen molar-refractivity contribution < 1.29 is 18.8 Å². The molecule has 0 spiro atoms. The Labute approximate surface area is 129 Å². The molecule has 0 aromatic heterocycles. The molecule has 0 radical (unpaired) electrons. The maximum atomic E-state index is 13.3. The third-order valence-corrected chi connectivity index (χ3v) is 3.05. The van der Waals surface area contributed by atoms with Gasteiger partial charge in [-0.05, 0) is 30.3 Å². The normalized spacial score (nSPS) is 10.1. The van der Waals surface area contributed by atoms with Crippen LogP contribution in [0.1, 0.15) is 10.4 Å². The molecule has 0 bridgehead atoms. The van der Waals surface area contributed by atoms with E-state index >= 15 is 0 Å². The van der Waals surface area contributed by atoms with E-state index < -0.39 is 22.3 Å². The van der Waals surface area contributed by atoms with Crippen molar-refractivity contribution >= 4 is 28.9 Å². The van der Waals surface area contributed by atoms with E-state index in [1.54, 1.807) is 12.1 Å². The molecule has 0 heterocycles. The third kappa shape index (κ3) is 3.32. The Morgan fingerprint density at radius 2 is 2.05 bits per heavy atom. The Morgan fingerprint density at radius 3 is 2.68 bits per heavy atom. The van der Waals surface area contributed by atoms with Gasteiger partial charge in [-0.2, -0.15) is 4.39 Å². The molecule has 8 heteroatoms. The van der Waals surface area contributed by atoms with Gasteiger partial charge in [0.1, 0.15) is 5.75 Å². The van der Waals surface area contributed by atoms with Crippen LogP contribution in [0.5, 0.6) is 5.75 Å². The highest BCUT2D eigenvalue weighted by Gasteiger charge is 2.18. The Hall–Kier alpha value is -2.67. The quantitative estimate of drug-likeness (QED) is 0.687. The predicted molar refractivity (Wildman–Crippen MR) is 79.0 cm³/mol. The fourth-order valence-electron chi connectivity index (χ4n) is 1.77. The Balaban J connectivity index is 2.32. The minimum absolute atomic E-state index is 0.0601. The summed E-state index contributed by atoms with van der Waals surface area (Å²) in [6, 6.07) is 7.48. The molecular weight excluding hydrogens is 315 g/mol. The molecule has 0 saturated carbocycles. The minimum atomic E-state index is -1.01. The number of halogens is 2. The number of carbonyl (C=O) groups is 1. The molecule has 2 aromatic rings. The fourth-order valence-corrected chi connectivity index (χ4v) is 1.94. The van der Waals surface area contributed by atoms with E-state index in [2.05, 4.69) is 5.32 Å². The van der Waals surface area contributed by atoms with Crippen LogP contribution in [0, 0.1) is 15.9 Å². The number of nitrogens with one attached hydrogen (secondary N) is 1. The van der Waals surface area contributed by atoms with Crippen LogP contribution < -0.4 is 10.1 Å². The number of amides is 1. The maximum absolute atomic E-state index is 13.3. The number of carbonyl (C=O) groups excluding carboxylic acids is 1. The number of anilines is 1. The lowest BCUT2D eigenvalue weighted by Gasteiger charge is -2.10. The number of hydrogen-bond donors (Lipinski definition) is 1. The van der Waals surface area contributed by atoms with Crippen LogP contribution in [0.2, 0.25) is 5.02 Å². The van der Waals surface area contributed by atoms with E-state index in [1.165, 1.54) is 13.2 Å².